The van der Waals surface area contributed by atoms with E-state index in [0.717, 1.165) is 16.0 Å². The van der Waals surface area contributed by atoms with Crippen molar-refractivity contribution in [3.63, 3.8) is 0 Å². The molecule has 0 unspecified atom stereocenters. The van der Waals surface area contributed by atoms with Gasteiger partial charge < -0.3 is 5.11 Å². The van der Waals surface area contributed by atoms with Crippen LogP contribution in [-0.4, -0.2) is 27.8 Å². The van der Waals surface area contributed by atoms with Gasteiger partial charge in [0.25, 0.3) is 11.8 Å². The highest BCUT2D eigenvalue weighted by atomic mass is 32.1. The van der Waals surface area contributed by atoms with Gasteiger partial charge in [0.2, 0.25) is 0 Å². The lowest BCUT2D eigenvalue weighted by Gasteiger charge is -2.13. The molecule has 1 N–H and O–H groups in total. The van der Waals surface area contributed by atoms with Gasteiger partial charge in [0, 0.05) is 0 Å². The molecule has 0 fully saturated rings. The minimum Gasteiger partial charge on any atom is -0.478 e. The number of benzene rings is 1. The summed E-state index contributed by atoms with van der Waals surface area (Å²) >= 11 is 1.52. The summed E-state index contributed by atoms with van der Waals surface area (Å²) in [5.74, 6) is -1.94. The number of carboxylic acids is 1. The van der Waals surface area contributed by atoms with Crippen LogP contribution in [0, 0.1) is 6.92 Å². The van der Waals surface area contributed by atoms with Crippen LogP contribution in [0.25, 0.3) is 0 Å². The minimum absolute atomic E-state index is 0.00321. The monoisotopic (exact) mass is 301 g/mol. The van der Waals surface area contributed by atoms with Gasteiger partial charge in [-0.05, 0) is 47.0 Å². The minimum atomic E-state index is -1.12. The zero-order valence-electron chi connectivity index (χ0n) is 11.1. The fraction of sp³-hybridized carbons (Fsp3) is 0.133. The van der Waals surface area contributed by atoms with Gasteiger partial charge in [-0.1, -0.05) is 0 Å². The van der Waals surface area contributed by atoms with Gasteiger partial charge in [-0.3, -0.25) is 14.5 Å². The number of nitrogens with zero attached hydrogens (tertiary/aromatic N) is 1. The van der Waals surface area contributed by atoms with Crippen molar-refractivity contribution in [2.75, 3.05) is 0 Å². The molecule has 0 bridgehead atoms. The third-order valence-electron chi connectivity index (χ3n) is 3.51. The summed E-state index contributed by atoms with van der Waals surface area (Å²) < 4.78 is 0. The lowest BCUT2D eigenvalue weighted by Crippen LogP contribution is -2.29. The van der Waals surface area contributed by atoms with E-state index in [1.165, 1.54) is 29.5 Å². The summed E-state index contributed by atoms with van der Waals surface area (Å²) in [5.41, 5.74) is 2.38. The fourth-order valence-electron chi connectivity index (χ4n) is 2.29. The Hall–Kier alpha value is -2.47. The first-order valence-electron chi connectivity index (χ1n) is 6.24. The van der Waals surface area contributed by atoms with Crippen LogP contribution in [0.2, 0.25) is 0 Å². The Labute approximate surface area is 124 Å². The van der Waals surface area contributed by atoms with Gasteiger partial charge in [-0.25, -0.2) is 4.79 Å². The van der Waals surface area contributed by atoms with E-state index in [1.807, 2.05) is 17.7 Å². The number of carbonyl (C=O) groups is 3. The summed E-state index contributed by atoms with van der Waals surface area (Å²) in [7, 11) is 0. The summed E-state index contributed by atoms with van der Waals surface area (Å²) in [4.78, 5) is 36.7. The molecule has 6 heteroatoms. The van der Waals surface area contributed by atoms with Gasteiger partial charge in [0.05, 0.1) is 23.2 Å². The molecule has 1 aliphatic heterocycles. The van der Waals surface area contributed by atoms with Crippen molar-refractivity contribution in [1.29, 1.82) is 0 Å². The van der Waals surface area contributed by atoms with Crippen molar-refractivity contribution >= 4 is 29.1 Å². The predicted molar refractivity (Wildman–Crippen MR) is 76.7 cm³/mol. The standard InChI is InChI=1S/C15H11NO4S/c1-8-6-21-7-10(8)5-16-13(17)11-3-2-9(15(19)20)4-12(11)14(16)18/h2-4,6-7H,5H2,1H3,(H,19,20). The van der Waals surface area contributed by atoms with Gasteiger partial charge in [-0.2, -0.15) is 11.3 Å². The highest BCUT2D eigenvalue weighted by Gasteiger charge is 2.36. The van der Waals surface area contributed by atoms with E-state index in [9.17, 15) is 14.4 Å². The van der Waals surface area contributed by atoms with E-state index in [-0.39, 0.29) is 29.1 Å². The van der Waals surface area contributed by atoms with Crippen molar-refractivity contribution in [3.05, 3.63) is 56.8 Å². The molecule has 0 spiro atoms. The third-order valence-corrected chi connectivity index (χ3v) is 4.42. The SMILES string of the molecule is Cc1cscc1CN1C(=O)c2ccc(C(=O)O)cc2C1=O. The van der Waals surface area contributed by atoms with Crippen LogP contribution in [0.4, 0.5) is 0 Å². The van der Waals surface area contributed by atoms with E-state index < -0.39 is 11.9 Å². The van der Waals surface area contributed by atoms with Crippen LogP contribution in [-0.2, 0) is 6.54 Å². The largest absolute Gasteiger partial charge is 0.478 e. The van der Waals surface area contributed by atoms with Crippen LogP contribution >= 0.6 is 11.3 Å². The molecule has 21 heavy (non-hydrogen) atoms. The third kappa shape index (κ3) is 2.13. The number of imide groups is 1. The van der Waals surface area contributed by atoms with Gasteiger partial charge in [0.1, 0.15) is 0 Å². The van der Waals surface area contributed by atoms with E-state index in [0.29, 0.717) is 0 Å². The Morgan fingerprint density at radius 1 is 1.19 bits per heavy atom. The number of hydrogen-bond donors (Lipinski definition) is 1. The van der Waals surface area contributed by atoms with Crippen molar-refractivity contribution in [3.8, 4) is 0 Å². The van der Waals surface area contributed by atoms with E-state index in [4.69, 9.17) is 5.11 Å². The number of carbonyl (C=O) groups excluding carboxylic acids is 2. The second-order valence-electron chi connectivity index (χ2n) is 4.84. The quantitative estimate of drug-likeness (QED) is 0.884. The van der Waals surface area contributed by atoms with Crippen molar-refractivity contribution in [2.24, 2.45) is 0 Å². The van der Waals surface area contributed by atoms with Crippen LogP contribution in [0.15, 0.2) is 29.0 Å². The molecule has 2 heterocycles. The molecule has 2 aromatic rings. The molecule has 1 aromatic carbocycles. The average Bonchev–Trinajstić information content (AvgIpc) is 2.96. The van der Waals surface area contributed by atoms with Crippen molar-refractivity contribution in [2.45, 2.75) is 13.5 Å². The van der Waals surface area contributed by atoms with E-state index >= 15 is 0 Å². The smallest absolute Gasteiger partial charge is 0.335 e. The summed E-state index contributed by atoms with van der Waals surface area (Å²) in [6, 6.07) is 4.00. The van der Waals surface area contributed by atoms with Crippen LogP contribution in [0.5, 0.6) is 0 Å². The zero-order valence-corrected chi connectivity index (χ0v) is 11.9. The van der Waals surface area contributed by atoms with Gasteiger partial charge in [0.15, 0.2) is 0 Å². The Balaban J connectivity index is 1.97. The predicted octanol–water partition coefficient (Wildman–Crippen LogP) is 2.55. The van der Waals surface area contributed by atoms with Crippen molar-refractivity contribution < 1.29 is 19.5 Å². The molecule has 0 radical (unpaired) electrons. The second kappa shape index (κ2) is 4.82. The highest BCUT2D eigenvalue weighted by molar-refractivity contribution is 7.08. The molecule has 5 nitrogen and oxygen atoms in total. The molecule has 1 aromatic heterocycles. The van der Waals surface area contributed by atoms with Crippen molar-refractivity contribution in [1.82, 2.24) is 4.90 Å². The van der Waals surface area contributed by atoms with Gasteiger partial charge in [-0.15, -0.1) is 0 Å². The van der Waals surface area contributed by atoms with Crippen LogP contribution in [0.3, 0.4) is 0 Å². The number of fused-ring (bicyclic) bond motifs is 1. The average molecular weight is 301 g/mol. The lowest BCUT2D eigenvalue weighted by molar-refractivity contribution is 0.0641. The number of aryl methyl sites for hydroxylation is 1. The lowest BCUT2D eigenvalue weighted by atomic mass is 10.1. The first kappa shape index (κ1) is 13.5. The van der Waals surface area contributed by atoms with Crippen LogP contribution in [0.1, 0.15) is 42.2 Å². The van der Waals surface area contributed by atoms with Gasteiger partial charge >= 0.3 is 5.97 Å². The molecular weight excluding hydrogens is 290 g/mol. The molecular formula is C15H11NO4S. The first-order valence-corrected chi connectivity index (χ1v) is 7.18. The first-order chi connectivity index (χ1) is 9.99. The zero-order chi connectivity index (χ0) is 15.1. The molecule has 0 saturated carbocycles. The summed E-state index contributed by atoms with van der Waals surface area (Å²) in [6.45, 7) is 2.14. The normalized spacial score (nSPS) is 13.7. The number of rotatable bonds is 3. The number of carboxylic acid groups (broad SMARTS) is 1. The molecule has 106 valence electrons. The Morgan fingerprint density at radius 2 is 1.90 bits per heavy atom. The van der Waals surface area contributed by atoms with E-state index in [1.54, 1.807) is 0 Å². The molecule has 1 aliphatic rings. The highest BCUT2D eigenvalue weighted by Crippen LogP contribution is 2.27. The van der Waals surface area contributed by atoms with Crippen LogP contribution < -0.4 is 0 Å². The topological polar surface area (TPSA) is 74.7 Å². The maximum atomic E-state index is 12.3. The summed E-state index contributed by atoms with van der Waals surface area (Å²) in [6.07, 6.45) is 0. The maximum absolute atomic E-state index is 12.3. The second-order valence-corrected chi connectivity index (χ2v) is 5.59. The molecule has 0 aliphatic carbocycles. The maximum Gasteiger partial charge on any atom is 0.335 e. The Morgan fingerprint density at radius 3 is 2.52 bits per heavy atom. The van der Waals surface area contributed by atoms with E-state index in [2.05, 4.69) is 0 Å². The number of hydrogen-bond acceptors (Lipinski definition) is 4. The molecule has 3 rings (SSSR count). The number of aromatic carboxylic acids is 1. The molecule has 0 saturated heterocycles. The number of thiophene rings is 1. The molecule has 2 amide bonds. The fourth-order valence-corrected chi connectivity index (χ4v) is 3.13. The Kier molecular flexibility index (Phi) is 3.10. The molecule has 0 atom stereocenters. The Bertz CT molecular complexity index is 778. The summed E-state index contributed by atoms with van der Waals surface area (Å²) in [5, 5.41) is 12.8. The number of amides is 2.